The van der Waals surface area contributed by atoms with Gasteiger partial charge in [0.2, 0.25) is 5.91 Å². The van der Waals surface area contributed by atoms with Gasteiger partial charge in [0, 0.05) is 36.6 Å². The second kappa shape index (κ2) is 8.28. The van der Waals surface area contributed by atoms with Gasteiger partial charge in [0.05, 0.1) is 6.61 Å². The number of hydrogen-bond acceptors (Lipinski definition) is 4. The summed E-state index contributed by atoms with van der Waals surface area (Å²) in [6.45, 7) is 1.43. The van der Waals surface area contributed by atoms with Gasteiger partial charge in [0.1, 0.15) is 0 Å². The van der Waals surface area contributed by atoms with Crippen LogP contribution in [-0.4, -0.2) is 28.9 Å². The highest BCUT2D eigenvalue weighted by Crippen LogP contribution is 2.31. The van der Waals surface area contributed by atoms with Gasteiger partial charge in [-0.15, -0.1) is 0 Å². The first-order valence-electron chi connectivity index (χ1n) is 7.49. The summed E-state index contributed by atoms with van der Waals surface area (Å²) in [5, 5.41) is 6.80. The molecule has 24 heavy (non-hydrogen) atoms. The molecule has 1 heterocycles. The Kier molecular flexibility index (Phi) is 6.11. The summed E-state index contributed by atoms with van der Waals surface area (Å²) in [4.78, 5) is 12.0. The molecule has 2 aromatic rings. The Balaban J connectivity index is 1.99. The third-order valence-corrected chi connectivity index (χ3v) is 3.22. The third-order valence-electron chi connectivity index (χ3n) is 3.22. The maximum Gasteiger partial charge on any atom is 0.387 e. The van der Waals surface area contributed by atoms with E-state index in [4.69, 9.17) is 4.74 Å². The molecule has 0 atom stereocenters. The minimum Gasteiger partial charge on any atom is -0.490 e. The molecular formula is C16H19F2N3O3. The van der Waals surface area contributed by atoms with Crippen molar-refractivity contribution < 1.29 is 23.0 Å². The van der Waals surface area contributed by atoms with Gasteiger partial charge in [-0.2, -0.15) is 13.9 Å². The van der Waals surface area contributed by atoms with E-state index in [0.717, 1.165) is 5.69 Å². The topological polar surface area (TPSA) is 65.4 Å². The van der Waals surface area contributed by atoms with Crippen LogP contribution in [0.4, 0.5) is 14.5 Å². The van der Waals surface area contributed by atoms with E-state index in [1.54, 1.807) is 17.8 Å². The van der Waals surface area contributed by atoms with Crippen molar-refractivity contribution in [2.45, 2.75) is 33.4 Å². The zero-order chi connectivity index (χ0) is 17.5. The van der Waals surface area contributed by atoms with Gasteiger partial charge in [-0.3, -0.25) is 9.48 Å². The molecule has 8 heteroatoms. The second-order valence-corrected chi connectivity index (χ2v) is 4.97. The fourth-order valence-corrected chi connectivity index (χ4v) is 2.11. The quantitative estimate of drug-likeness (QED) is 0.802. The first-order valence-corrected chi connectivity index (χ1v) is 7.49. The van der Waals surface area contributed by atoms with Crippen molar-refractivity contribution in [1.29, 1.82) is 0 Å². The molecule has 0 aliphatic carbocycles. The lowest BCUT2D eigenvalue weighted by molar-refractivity contribution is -0.116. The number of halogens is 2. The molecule has 0 fully saturated rings. The van der Waals surface area contributed by atoms with Crippen molar-refractivity contribution >= 4 is 11.6 Å². The van der Waals surface area contributed by atoms with Crippen molar-refractivity contribution in [3.05, 3.63) is 36.2 Å². The van der Waals surface area contributed by atoms with Gasteiger partial charge in [0.25, 0.3) is 0 Å². The van der Waals surface area contributed by atoms with Crippen LogP contribution in [0.3, 0.4) is 0 Å². The number of aryl methyl sites for hydroxylation is 2. The summed E-state index contributed by atoms with van der Waals surface area (Å²) in [6, 6.07) is 6.13. The molecule has 0 aliphatic heterocycles. The predicted octanol–water partition coefficient (Wildman–Crippen LogP) is 3.22. The van der Waals surface area contributed by atoms with Crippen LogP contribution in [0, 0.1) is 6.92 Å². The van der Waals surface area contributed by atoms with Gasteiger partial charge in [0.15, 0.2) is 11.5 Å². The fraction of sp³-hybridized carbons (Fsp3) is 0.375. The molecule has 1 amide bonds. The number of hydrogen-bond donors (Lipinski definition) is 1. The van der Waals surface area contributed by atoms with Crippen LogP contribution in [0.5, 0.6) is 11.5 Å². The summed E-state index contributed by atoms with van der Waals surface area (Å²) in [6.07, 6.45) is 1.91. The van der Waals surface area contributed by atoms with Crippen LogP contribution in [0.15, 0.2) is 30.5 Å². The minimum atomic E-state index is -2.94. The van der Waals surface area contributed by atoms with Gasteiger partial charge in [-0.1, -0.05) is 0 Å². The number of ether oxygens (including phenoxy) is 2. The molecule has 1 aromatic heterocycles. The molecule has 0 aliphatic rings. The summed E-state index contributed by atoms with van der Waals surface area (Å²) in [5.74, 6) is -0.134. The monoisotopic (exact) mass is 339 g/mol. The van der Waals surface area contributed by atoms with E-state index in [-0.39, 0.29) is 30.4 Å². The van der Waals surface area contributed by atoms with Crippen molar-refractivity contribution in [1.82, 2.24) is 9.78 Å². The molecule has 6 nitrogen and oxygen atoms in total. The first kappa shape index (κ1) is 17.7. The summed E-state index contributed by atoms with van der Waals surface area (Å²) in [7, 11) is 0. The lowest BCUT2D eigenvalue weighted by Gasteiger charge is -2.13. The normalized spacial score (nSPS) is 10.7. The Labute approximate surface area is 138 Å². The van der Waals surface area contributed by atoms with Crippen molar-refractivity contribution in [2.24, 2.45) is 0 Å². The number of carbonyl (C=O) groups is 1. The zero-order valence-corrected chi connectivity index (χ0v) is 13.5. The molecule has 0 unspecified atom stereocenters. The van der Waals surface area contributed by atoms with Crippen LogP contribution in [0.25, 0.3) is 0 Å². The van der Waals surface area contributed by atoms with Crippen LogP contribution < -0.4 is 14.8 Å². The molecule has 0 saturated carbocycles. The van der Waals surface area contributed by atoms with Gasteiger partial charge < -0.3 is 14.8 Å². The summed E-state index contributed by atoms with van der Waals surface area (Å²) < 4.78 is 36.1. The Morgan fingerprint density at radius 2 is 2.12 bits per heavy atom. The van der Waals surface area contributed by atoms with Crippen LogP contribution >= 0.6 is 0 Å². The number of amides is 1. The van der Waals surface area contributed by atoms with E-state index < -0.39 is 6.61 Å². The third kappa shape index (κ3) is 4.94. The lowest BCUT2D eigenvalue weighted by atomic mass is 10.2. The Bertz CT molecular complexity index is 689. The minimum absolute atomic E-state index is 0.0722. The largest absolute Gasteiger partial charge is 0.490 e. The molecule has 0 bridgehead atoms. The molecular weight excluding hydrogens is 320 g/mol. The predicted molar refractivity (Wildman–Crippen MR) is 84.5 cm³/mol. The van der Waals surface area contributed by atoms with E-state index in [9.17, 15) is 13.6 Å². The SMILES string of the molecule is CCOc1cc(NC(=O)CCn2nccc2C)ccc1OC(F)F. The van der Waals surface area contributed by atoms with Crippen molar-refractivity contribution in [2.75, 3.05) is 11.9 Å². The second-order valence-electron chi connectivity index (χ2n) is 4.97. The Hall–Kier alpha value is -2.64. The number of nitrogens with one attached hydrogen (secondary N) is 1. The fourth-order valence-electron chi connectivity index (χ4n) is 2.11. The number of rotatable bonds is 8. The zero-order valence-electron chi connectivity index (χ0n) is 13.5. The molecule has 130 valence electrons. The average molecular weight is 339 g/mol. The van der Waals surface area contributed by atoms with Gasteiger partial charge in [-0.05, 0) is 32.0 Å². The number of alkyl halides is 2. The molecule has 1 aromatic carbocycles. The lowest BCUT2D eigenvalue weighted by Crippen LogP contribution is -2.15. The maximum atomic E-state index is 12.4. The highest BCUT2D eigenvalue weighted by atomic mass is 19.3. The van der Waals surface area contributed by atoms with Gasteiger partial charge >= 0.3 is 6.61 Å². The van der Waals surface area contributed by atoms with Crippen LogP contribution in [-0.2, 0) is 11.3 Å². The molecule has 0 radical (unpaired) electrons. The summed E-state index contributed by atoms with van der Waals surface area (Å²) in [5.41, 5.74) is 1.41. The smallest absolute Gasteiger partial charge is 0.387 e. The molecule has 0 spiro atoms. The van der Waals surface area contributed by atoms with Crippen LogP contribution in [0.1, 0.15) is 19.0 Å². The highest BCUT2D eigenvalue weighted by molar-refractivity contribution is 5.91. The maximum absolute atomic E-state index is 12.4. The van der Waals surface area contributed by atoms with E-state index in [0.29, 0.717) is 12.2 Å². The highest BCUT2D eigenvalue weighted by Gasteiger charge is 2.13. The van der Waals surface area contributed by atoms with E-state index >= 15 is 0 Å². The van der Waals surface area contributed by atoms with Gasteiger partial charge in [-0.25, -0.2) is 0 Å². The molecule has 0 saturated heterocycles. The van der Waals surface area contributed by atoms with Crippen molar-refractivity contribution in [3.63, 3.8) is 0 Å². The van der Waals surface area contributed by atoms with Crippen LogP contribution in [0.2, 0.25) is 0 Å². The number of aromatic nitrogens is 2. The Morgan fingerprint density at radius 3 is 2.75 bits per heavy atom. The van der Waals surface area contributed by atoms with E-state index in [1.165, 1.54) is 18.2 Å². The van der Waals surface area contributed by atoms with E-state index in [1.807, 2.05) is 13.0 Å². The Morgan fingerprint density at radius 1 is 1.33 bits per heavy atom. The van der Waals surface area contributed by atoms with E-state index in [2.05, 4.69) is 15.2 Å². The molecule has 2 rings (SSSR count). The average Bonchev–Trinajstić information content (AvgIpc) is 2.93. The standard InChI is InChI=1S/C16H19F2N3O3/c1-3-23-14-10-12(4-5-13(14)24-16(17)18)20-15(22)7-9-21-11(2)6-8-19-21/h4-6,8,10,16H,3,7,9H2,1-2H3,(H,20,22). The first-order chi connectivity index (χ1) is 11.5. The number of carbonyl (C=O) groups excluding carboxylic acids is 1. The molecule has 1 N–H and O–H groups in total. The number of nitrogens with zero attached hydrogens (tertiary/aromatic N) is 2. The summed E-state index contributed by atoms with van der Waals surface area (Å²) >= 11 is 0. The van der Waals surface area contributed by atoms with Crippen molar-refractivity contribution in [3.8, 4) is 11.5 Å². The number of benzene rings is 1. The number of anilines is 1.